The van der Waals surface area contributed by atoms with Crippen molar-refractivity contribution < 1.29 is 40.2 Å². The van der Waals surface area contributed by atoms with E-state index in [4.69, 9.17) is 31.9 Å². The fraction of sp³-hybridized carbons (Fsp3) is 0.222. The second-order valence-corrected chi connectivity index (χ2v) is 5.91. The number of carboxylic acids is 2. The molecule has 0 amide bonds. The average molecular weight is 417 g/mol. The van der Waals surface area contributed by atoms with Crippen LogP contribution in [0.5, 0.6) is 23.0 Å². The Hall–Kier alpha value is -2.73. The van der Waals surface area contributed by atoms with Crippen LogP contribution in [0.1, 0.15) is 11.1 Å². The van der Waals surface area contributed by atoms with Gasteiger partial charge in [-0.25, -0.2) is 0 Å². The molecule has 0 aliphatic carbocycles. The molecule has 0 bridgehead atoms. The number of rotatable bonds is 6. The smallest absolute Gasteiger partial charge is 0.548 e. The van der Waals surface area contributed by atoms with Crippen LogP contribution in [-0.4, -0.2) is 67.5 Å². The molecule has 2 rings (SSSR count). The maximum absolute atomic E-state index is 10.3. The van der Waals surface area contributed by atoms with Gasteiger partial charge in [0, 0.05) is 12.1 Å². The van der Waals surface area contributed by atoms with E-state index in [1.54, 1.807) is 0 Å². The standard InChI is InChI=1S/2C9H11NO4.Mg/c2*10-6(9(13)14)3-5-1-2-7(11)8(12)4-5;/h2*1-2,4,6,11-12H,3,10H2,(H,13,14);/q;;+2/p-2. The Morgan fingerprint density at radius 2 is 1.03 bits per heavy atom. The number of carbonyl (C=O) groups excluding carboxylic acids is 2. The maximum atomic E-state index is 10.3. The summed E-state index contributed by atoms with van der Waals surface area (Å²) in [5.41, 5.74) is 11.5. The number of aromatic hydroxyl groups is 4. The first-order valence-corrected chi connectivity index (χ1v) is 7.95. The molecule has 2 atom stereocenters. The van der Waals surface area contributed by atoms with E-state index in [2.05, 4.69) is 0 Å². The van der Waals surface area contributed by atoms with Gasteiger partial charge in [0.05, 0.1) is 11.9 Å². The number of hydrogen-bond acceptors (Lipinski definition) is 10. The summed E-state index contributed by atoms with van der Waals surface area (Å²) < 4.78 is 0. The van der Waals surface area contributed by atoms with Gasteiger partial charge in [-0.1, -0.05) is 12.1 Å². The van der Waals surface area contributed by atoms with Crippen LogP contribution in [0.15, 0.2) is 36.4 Å². The van der Waals surface area contributed by atoms with E-state index in [0.717, 1.165) is 0 Å². The van der Waals surface area contributed by atoms with Crippen molar-refractivity contribution in [2.45, 2.75) is 24.9 Å². The third kappa shape index (κ3) is 8.87. The molecule has 0 aliphatic rings. The fourth-order valence-corrected chi connectivity index (χ4v) is 2.07. The summed E-state index contributed by atoms with van der Waals surface area (Å²) >= 11 is 0. The first-order valence-electron chi connectivity index (χ1n) is 7.95. The number of phenols is 4. The Morgan fingerprint density at radius 1 is 0.724 bits per heavy atom. The SMILES string of the molecule is NC(Cc1ccc(O)c(O)c1)C(=O)[O-].NC(Cc1ccc(O)c(O)c1)C(=O)[O-].[Mg+2]. The number of aliphatic carboxylic acids is 2. The summed E-state index contributed by atoms with van der Waals surface area (Å²) in [5, 5.41) is 56.8. The second-order valence-electron chi connectivity index (χ2n) is 5.91. The van der Waals surface area contributed by atoms with Crippen molar-refractivity contribution >= 4 is 35.0 Å². The summed E-state index contributed by atoms with van der Waals surface area (Å²) in [6.45, 7) is 0. The Morgan fingerprint density at radius 3 is 1.28 bits per heavy atom. The summed E-state index contributed by atoms with van der Waals surface area (Å²) in [7, 11) is 0. The van der Waals surface area contributed by atoms with Crippen molar-refractivity contribution in [1.82, 2.24) is 0 Å². The van der Waals surface area contributed by atoms with Crippen LogP contribution in [0, 0.1) is 0 Å². The summed E-state index contributed by atoms with van der Waals surface area (Å²) in [5.74, 6) is -3.80. The molecule has 0 saturated heterocycles. The van der Waals surface area contributed by atoms with E-state index in [-0.39, 0.29) is 58.9 Å². The molecule has 10 nitrogen and oxygen atoms in total. The van der Waals surface area contributed by atoms with E-state index >= 15 is 0 Å². The minimum absolute atomic E-state index is 0. The zero-order valence-corrected chi connectivity index (χ0v) is 16.7. The molecule has 2 unspecified atom stereocenters. The number of phenolic OH excluding ortho intramolecular Hbond substituents is 4. The molecule has 0 aromatic heterocycles. The van der Waals surface area contributed by atoms with Crippen LogP contribution < -0.4 is 21.7 Å². The molecule has 0 spiro atoms. The molecule has 0 radical (unpaired) electrons. The predicted octanol–water partition coefficient (Wildman–Crippen LogP) is -2.95. The topological polar surface area (TPSA) is 213 Å². The van der Waals surface area contributed by atoms with Crippen molar-refractivity contribution in [2.24, 2.45) is 11.5 Å². The molecular weight excluding hydrogens is 397 g/mol. The Kier molecular flexibility index (Phi) is 10.8. The molecule has 0 saturated carbocycles. The van der Waals surface area contributed by atoms with Crippen molar-refractivity contribution in [3.8, 4) is 23.0 Å². The normalized spacial score (nSPS) is 11.9. The van der Waals surface area contributed by atoms with Crippen molar-refractivity contribution in [1.29, 1.82) is 0 Å². The van der Waals surface area contributed by atoms with Gasteiger partial charge < -0.3 is 51.7 Å². The first-order chi connectivity index (χ1) is 13.0. The molecule has 0 heterocycles. The molecule has 2 aromatic rings. The quantitative estimate of drug-likeness (QED) is 0.208. The summed E-state index contributed by atoms with van der Waals surface area (Å²) in [4.78, 5) is 20.6. The number of benzene rings is 2. The number of carbonyl (C=O) groups is 2. The van der Waals surface area contributed by atoms with E-state index in [9.17, 15) is 19.8 Å². The number of hydrogen-bond donors (Lipinski definition) is 6. The minimum Gasteiger partial charge on any atom is -0.548 e. The van der Waals surface area contributed by atoms with Gasteiger partial charge in [0.1, 0.15) is 0 Å². The van der Waals surface area contributed by atoms with Gasteiger partial charge >= 0.3 is 23.1 Å². The molecular formula is C18H20MgN2O8. The molecule has 29 heavy (non-hydrogen) atoms. The molecule has 8 N–H and O–H groups in total. The molecule has 2 aromatic carbocycles. The van der Waals surface area contributed by atoms with Crippen LogP contribution >= 0.6 is 0 Å². The van der Waals surface area contributed by atoms with Gasteiger partial charge in [0.25, 0.3) is 0 Å². The average Bonchev–Trinajstić information content (AvgIpc) is 2.61. The van der Waals surface area contributed by atoms with Crippen LogP contribution in [0.3, 0.4) is 0 Å². The molecule has 0 fully saturated rings. The van der Waals surface area contributed by atoms with Crippen LogP contribution in [-0.2, 0) is 22.4 Å². The van der Waals surface area contributed by atoms with E-state index < -0.39 is 24.0 Å². The van der Waals surface area contributed by atoms with Gasteiger partial charge in [-0.15, -0.1) is 0 Å². The van der Waals surface area contributed by atoms with Gasteiger partial charge in [0.15, 0.2) is 23.0 Å². The van der Waals surface area contributed by atoms with Crippen molar-refractivity contribution in [3.05, 3.63) is 47.5 Å². The number of nitrogens with two attached hydrogens (primary N) is 2. The Bertz CT molecular complexity index is 777. The summed E-state index contributed by atoms with van der Waals surface area (Å²) in [6, 6.07) is 5.81. The number of carboxylic acid groups (broad SMARTS) is 2. The maximum Gasteiger partial charge on any atom is 2.00 e. The van der Waals surface area contributed by atoms with Gasteiger partial charge in [-0.3, -0.25) is 0 Å². The second kappa shape index (κ2) is 12.0. The van der Waals surface area contributed by atoms with E-state index in [0.29, 0.717) is 11.1 Å². The first kappa shape index (κ1) is 26.3. The Balaban J connectivity index is 0.000000523. The van der Waals surface area contributed by atoms with E-state index in [1.807, 2.05) is 0 Å². The predicted molar refractivity (Wildman–Crippen MR) is 98.7 cm³/mol. The third-order valence-electron chi connectivity index (χ3n) is 3.60. The minimum atomic E-state index is -1.35. The molecule has 152 valence electrons. The van der Waals surface area contributed by atoms with Gasteiger partial charge in [-0.2, -0.15) is 0 Å². The fourth-order valence-electron chi connectivity index (χ4n) is 2.07. The van der Waals surface area contributed by atoms with Gasteiger partial charge in [0.2, 0.25) is 0 Å². The largest absolute Gasteiger partial charge is 2.00 e. The van der Waals surface area contributed by atoms with E-state index in [1.165, 1.54) is 36.4 Å². The van der Waals surface area contributed by atoms with Crippen LogP contribution in [0.2, 0.25) is 0 Å². The monoisotopic (exact) mass is 416 g/mol. The van der Waals surface area contributed by atoms with Crippen LogP contribution in [0.4, 0.5) is 0 Å². The zero-order valence-electron chi connectivity index (χ0n) is 15.3. The Labute approximate surface area is 182 Å². The van der Waals surface area contributed by atoms with Gasteiger partial charge in [-0.05, 0) is 48.2 Å². The van der Waals surface area contributed by atoms with Crippen molar-refractivity contribution in [2.75, 3.05) is 0 Å². The van der Waals surface area contributed by atoms with Crippen molar-refractivity contribution in [3.63, 3.8) is 0 Å². The molecule has 11 heteroatoms. The molecule has 0 aliphatic heterocycles. The zero-order chi connectivity index (χ0) is 21.4. The summed E-state index contributed by atoms with van der Waals surface area (Å²) in [6.07, 6.45) is 0.104. The third-order valence-corrected chi connectivity index (χ3v) is 3.60. The van der Waals surface area contributed by atoms with Crippen LogP contribution in [0.25, 0.3) is 0 Å².